The minimum Gasteiger partial charge on any atom is -0.474 e. The third kappa shape index (κ3) is 3.09. The molecule has 3 heterocycles. The molecule has 0 atom stereocenters. The maximum atomic E-state index is 12.5. The van der Waals surface area contributed by atoms with Crippen LogP contribution in [0.5, 0.6) is 5.88 Å². The Balaban J connectivity index is 1.62. The van der Waals surface area contributed by atoms with Crippen molar-refractivity contribution in [3.63, 3.8) is 0 Å². The lowest BCUT2D eigenvalue weighted by molar-refractivity contribution is 0.129. The molecule has 0 amide bonds. The van der Waals surface area contributed by atoms with E-state index in [0.29, 0.717) is 31.8 Å². The first-order valence-electron chi connectivity index (χ1n) is 6.96. The van der Waals surface area contributed by atoms with Crippen LogP contribution in [-0.2, 0) is 17.1 Å². The predicted octanol–water partition coefficient (Wildman–Crippen LogP) is 0.442. The van der Waals surface area contributed by atoms with E-state index in [1.54, 1.807) is 23.9 Å². The minimum absolute atomic E-state index is 0.0370. The highest BCUT2D eigenvalue weighted by atomic mass is 32.2. The molecule has 2 aromatic heterocycles. The van der Waals surface area contributed by atoms with Crippen LogP contribution in [0, 0.1) is 0 Å². The summed E-state index contributed by atoms with van der Waals surface area (Å²) in [6.07, 6.45) is 7.24. The van der Waals surface area contributed by atoms with Gasteiger partial charge in [-0.25, -0.2) is 23.4 Å². The fraction of sp³-hybridized carbons (Fsp3) is 0.462. The van der Waals surface area contributed by atoms with E-state index in [1.165, 1.54) is 23.2 Å². The number of sulfonamides is 1. The van der Waals surface area contributed by atoms with E-state index >= 15 is 0 Å². The molecular weight excluding hydrogens is 306 g/mol. The lowest BCUT2D eigenvalue weighted by atomic mass is 10.1. The van der Waals surface area contributed by atoms with Gasteiger partial charge in [-0.1, -0.05) is 0 Å². The van der Waals surface area contributed by atoms with Crippen LogP contribution < -0.4 is 4.74 Å². The van der Waals surface area contributed by atoms with Crippen LogP contribution in [0.3, 0.4) is 0 Å². The molecule has 2 aromatic rings. The molecule has 3 rings (SSSR count). The highest BCUT2D eigenvalue weighted by molar-refractivity contribution is 7.89. The van der Waals surface area contributed by atoms with Gasteiger partial charge in [-0.15, -0.1) is 0 Å². The van der Waals surface area contributed by atoms with Gasteiger partial charge >= 0.3 is 0 Å². The Kier molecular flexibility index (Phi) is 4.08. The summed E-state index contributed by atoms with van der Waals surface area (Å²) in [5, 5.41) is 0.0881. The zero-order chi connectivity index (χ0) is 15.6. The lowest BCUT2D eigenvalue weighted by Gasteiger charge is -2.30. The molecule has 22 heavy (non-hydrogen) atoms. The molecule has 8 nitrogen and oxygen atoms in total. The van der Waals surface area contributed by atoms with Crippen molar-refractivity contribution >= 4 is 10.0 Å². The first-order chi connectivity index (χ1) is 10.6. The molecular formula is C13H17N5O3S. The van der Waals surface area contributed by atoms with Crippen molar-refractivity contribution in [2.75, 3.05) is 13.1 Å². The summed E-state index contributed by atoms with van der Waals surface area (Å²) in [5.41, 5.74) is 0. The normalized spacial score (nSPS) is 17.5. The molecule has 0 saturated carbocycles. The zero-order valence-electron chi connectivity index (χ0n) is 12.2. The van der Waals surface area contributed by atoms with E-state index in [1.807, 2.05) is 0 Å². The van der Waals surface area contributed by atoms with Gasteiger partial charge in [0.25, 0.3) is 10.0 Å². The van der Waals surface area contributed by atoms with E-state index in [2.05, 4.69) is 15.0 Å². The van der Waals surface area contributed by atoms with Gasteiger partial charge in [0.15, 0.2) is 5.03 Å². The van der Waals surface area contributed by atoms with Crippen molar-refractivity contribution in [3.8, 4) is 5.88 Å². The molecule has 1 aliphatic rings. The number of aryl methyl sites for hydroxylation is 1. The number of ether oxygens (including phenoxy) is 1. The van der Waals surface area contributed by atoms with E-state index in [9.17, 15) is 8.42 Å². The Labute approximate surface area is 128 Å². The summed E-state index contributed by atoms with van der Waals surface area (Å²) in [6, 6.07) is 1.69. The topological polar surface area (TPSA) is 90.2 Å². The number of imidazole rings is 1. The second-order valence-corrected chi connectivity index (χ2v) is 7.03. The highest BCUT2D eigenvalue weighted by Gasteiger charge is 2.31. The van der Waals surface area contributed by atoms with Gasteiger partial charge in [-0.05, 0) is 12.8 Å². The maximum Gasteiger partial charge on any atom is 0.262 e. The Morgan fingerprint density at radius 1 is 1.27 bits per heavy atom. The molecule has 1 fully saturated rings. The van der Waals surface area contributed by atoms with Gasteiger partial charge in [0.2, 0.25) is 5.88 Å². The molecule has 0 aliphatic carbocycles. The Bertz CT molecular complexity index is 723. The molecule has 1 aliphatic heterocycles. The smallest absolute Gasteiger partial charge is 0.262 e. The molecule has 0 bridgehead atoms. The van der Waals surface area contributed by atoms with Crippen LogP contribution in [-0.4, -0.2) is 51.4 Å². The summed E-state index contributed by atoms with van der Waals surface area (Å²) in [7, 11) is -1.77. The number of rotatable bonds is 4. The van der Waals surface area contributed by atoms with Crippen LogP contribution in [0.1, 0.15) is 12.8 Å². The van der Waals surface area contributed by atoms with E-state index < -0.39 is 10.0 Å². The lowest BCUT2D eigenvalue weighted by Crippen LogP contribution is -2.41. The van der Waals surface area contributed by atoms with Gasteiger partial charge in [0.05, 0.1) is 6.33 Å². The van der Waals surface area contributed by atoms with E-state index in [0.717, 1.165) is 0 Å². The van der Waals surface area contributed by atoms with Crippen LogP contribution in [0.2, 0.25) is 0 Å². The third-order valence-electron chi connectivity index (χ3n) is 3.53. The summed E-state index contributed by atoms with van der Waals surface area (Å²) < 4.78 is 33.7. The number of aromatic nitrogens is 4. The summed E-state index contributed by atoms with van der Waals surface area (Å²) in [5.74, 6) is 0.515. The molecule has 0 N–H and O–H groups in total. The number of nitrogens with zero attached hydrogens (tertiary/aromatic N) is 5. The maximum absolute atomic E-state index is 12.5. The van der Waals surface area contributed by atoms with Gasteiger partial charge in [0, 0.05) is 38.6 Å². The fourth-order valence-electron chi connectivity index (χ4n) is 2.36. The van der Waals surface area contributed by atoms with Crippen LogP contribution in [0.4, 0.5) is 0 Å². The van der Waals surface area contributed by atoms with Gasteiger partial charge in [-0.3, -0.25) is 0 Å². The number of hydrogen-bond donors (Lipinski definition) is 0. The molecule has 0 spiro atoms. The fourth-order valence-corrected chi connectivity index (χ4v) is 3.80. The van der Waals surface area contributed by atoms with Gasteiger partial charge < -0.3 is 9.30 Å². The predicted molar refractivity (Wildman–Crippen MR) is 77.6 cm³/mol. The Morgan fingerprint density at radius 3 is 2.64 bits per heavy atom. The average molecular weight is 323 g/mol. The molecule has 0 unspecified atom stereocenters. The van der Waals surface area contributed by atoms with Gasteiger partial charge in [-0.2, -0.15) is 4.31 Å². The van der Waals surface area contributed by atoms with Crippen molar-refractivity contribution in [2.24, 2.45) is 7.05 Å². The van der Waals surface area contributed by atoms with Crippen LogP contribution in [0.15, 0.2) is 36.1 Å². The van der Waals surface area contributed by atoms with Crippen molar-refractivity contribution in [1.82, 2.24) is 23.8 Å². The third-order valence-corrected chi connectivity index (χ3v) is 5.31. The van der Waals surface area contributed by atoms with Crippen LogP contribution in [0.25, 0.3) is 0 Å². The summed E-state index contributed by atoms with van der Waals surface area (Å²) in [4.78, 5) is 11.8. The monoisotopic (exact) mass is 323 g/mol. The molecule has 1 saturated heterocycles. The second-order valence-electron chi connectivity index (χ2n) is 5.15. The summed E-state index contributed by atoms with van der Waals surface area (Å²) in [6.45, 7) is 0.823. The molecule has 9 heteroatoms. The standard InChI is InChI=1S/C13H17N5O3S/c1-17-8-13(16-10-17)22(19,20)18-6-3-11(4-7-18)21-12-2-5-14-9-15-12/h2,5,8-11H,3-4,6-7H2,1H3. The van der Waals surface area contributed by atoms with E-state index in [4.69, 9.17) is 4.74 Å². The number of hydrogen-bond acceptors (Lipinski definition) is 6. The Morgan fingerprint density at radius 2 is 2.05 bits per heavy atom. The molecule has 0 radical (unpaired) electrons. The highest BCUT2D eigenvalue weighted by Crippen LogP contribution is 2.21. The van der Waals surface area contributed by atoms with Crippen LogP contribution >= 0.6 is 0 Å². The first kappa shape index (κ1) is 14.9. The van der Waals surface area contributed by atoms with Crippen molar-refractivity contribution < 1.29 is 13.2 Å². The quantitative estimate of drug-likeness (QED) is 0.811. The molecule has 0 aromatic carbocycles. The SMILES string of the molecule is Cn1cnc(S(=O)(=O)N2CCC(Oc3ccncn3)CC2)c1. The Hall–Kier alpha value is -2.00. The van der Waals surface area contributed by atoms with Gasteiger partial charge in [0.1, 0.15) is 12.4 Å². The average Bonchev–Trinajstić information content (AvgIpc) is 2.96. The largest absolute Gasteiger partial charge is 0.474 e. The van der Waals surface area contributed by atoms with Crippen molar-refractivity contribution in [3.05, 3.63) is 31.1 Å². The molecule has 118 valence electrons. The minimum atomic E-state index is -3.52. The van der Waals surface area contributed by atoms with Crippen molar-refractivity contribution in [1.29, 1.82) is 0 Å². The van der Waals surface area contributed by atoms with E-state index in [-0.39, 0.29) is 11.1 Å². The second kappa shape index (κ2) is 6.01. The zero-order valence-corrected chi connectivity index (χ0v) is 13.0. The summed E-state index contributed by atoms with van der Waals surface area (Å²) >= 11 is 0. The number of piperidine rings is 1. The van der Waals surface area contributed by atoms with Crippen molar-refractivity contribution in [2.45, 2.75) is 24.0 Å². The first-order valence-corrected chi connectivity index (χ1v) is 8.40.